The zero-order valence-corrected chi connectivity index (χ0v) is 16.8. The van der Waals surface area contributed by atoms with Crippen LogP contribution in [0.2, 0.25) is 0 Å². The van der Waals surface area contributed by atoms with Gasteiger partial charge in [0.1, 0.15) is 12.0 Å². The van der Waals surface area contributed by atoms with Crippen molar-refractivity contribution in [1.29, 1.82) is 0 Å². The van der Waals surface area contributed by atoms with Crippen LogP contribution in [-0.2, 0) is 10.8 Å². The molecule has 5 heteroatoms. The molecular weight excluding hydrogens is 365 g/mol. The monoisotopic (exact) mass is 390 g/mol. The lowest BCUT2D eigenvalue weighted by molar-refractivity contribution is -0.274. The number of hydrogen-bond donors (Lipinski definition) is 0. The minimum Gasteiger partial charge on any atom is -0.405 e. The molecule has 28 heavy (non-hydrogen) atoms. The van der Waals surface area contributed by atoms with E-state index in [0.717, 1.165) is 29.5 Å². The van der Waals surface area contributed by atoms with Crippen LogP contribution in [0.15, 0.2) is 30.3 Å². The number of aryl methyl sites for hydroxylation is 1. The molecule has 0 spiro atoms. The molecule has 0 radical (unpaired) electrons. The molecule has 2 aromatic carbocycles. The molecule has 0 amide bonds. The predicted octanol–water partition coefficient (Wildman–Crippen LogP) is 6.72. The van der Waals surface area contributed by atoms with Gasteiger partial charge in [-0.05, 0) is 65.5 Å². The Hall–Kier alpha value is -2.30. The number of ether oxygens (including phenoxy) is 1. The number of carbonyl (C=O) groups excluding carboxylic acids is 1. The first-order chi connectivity index (χ1) is 12.8. The standard InChI is InChI=1S/C23H25F3O2/c1-14-10-17(20-18(11-14)21(2,3)8-9-22(20,4)5)16-12-15(13-27)6-7-19(16)28-23(24,25)26/h6-7,10-13H,8-9H2,1-5H3. The van der Waals surface area contributed by atoms with E-state index in [1.54, 1.807) is 0 Å². The Morgan fingerprint density at radius 2 is 1.61 bits per heavy atom. The predicted molar refractivity (Wildman–Crippen MR) is 104 cm³/mol. The molecule has 0 heterocycles. The lowest BCUT2D eigenvalue weighted by atomic mass is 9.61. The molecule has 2 aromatic rings. The van der Waals surface area contributed by atoms with Gasteiger partial charge in [-0.2, -0.15) is 0 Å². The first-order valence-corrected chi connectivity index (χ1v) is 9.35. The summed E-state index contributed by atoms with van der Waals surface area (Å²) in [6, 6.07) is 8.08. The number of rotatable bonds is 3. The summed E-state index contributed by atoms with van der Waals surface area (Å²) < 4.78 is 43.4. The van der Waals surface area contributed by atoms with Gasteiger partial charge in [0, 0.05) is 11.1 Å². The van der Waals surface area contributed by atoms with Crippen molar-refractivity contribution < 1.29 is 22.7 Å². The second kappa shape index (κ2) is 6.64. The maximum atomic E-state index is 13.0. The van der Waals surface area contributed by atoms with Crippen LogP contribution >= 0.6 is 0 Å². The summed E-state index contributed by atoms with van der Waals surface area (Å²) in [4.78, 5) is 11.3. The van der Waals surface area contributed by atoms with Gasteiger partial charge in [-0.15, -0.1) is 13.2 Å². The van der Waals surface area contributed by atoms with Crippen LogP contribution < -0.4 is 4.74 Å². The quantitative estimate of drug-likeness (QED) is 0.544. The molecule has 150 valence electrons. The van der Waals surface area contributed by atoms with E-state index in [9.17, 15) is 18.0 Å². The SMILES string of the molecule is Cc1cc(-c2cc(C=O)ccc2OC(F)(F)F)c2c(c1)C(C)(C)CCC2(C)C. The third-order valence-corrected chi connectivity index (χ3v) is 5.72. The Balaban J connectivity index is 2.36. The number of alkyl halides is 3. The number of halogens is 3. The van der Waals surface area contributed by atoms with Gasteiger partial charge in [0.05, 0.1) is 0 Å². The molecule has 0 saturated carbocycles. The summed E-state index contributed by atoms with van der Waals surface area (Å²) in [5.74, 6) is -0.287. The van der Waals surface area contributed by atoms with Gasteiger partial charge in [0.2, 0.25) is 0 Å². The Morgan fingerprint density at radius 1 is 0.964 bits per heavy atom. The highest BCUT2D eigenvalue weighted by atomic mass is 19.4. The molecule has 0 bridgehead atoms. The molecule has 0 saturated heterocycles. The lowest BCUT2D eigenvalue weighted by Gasteiger charge is -2.43. The van der Waals surface area contributed by atoms with Crippen molar-refractivity contribution >= 4 is 6.29 Å². The van der Waals surface area contributed by atoms with Crippen molar-refractivity contribution in [2.24, 2.45) is 0 Å². The molecule has 3 rings (SSSR count). The van der Waals surface area contributed by atoms with E-state index in [0.29, 0.717) is 23.0 Å². The Labute approximate surface area is 163 Å². The average Bonchev–Trinajstić information content (AvgIpc) is 2.57. The fraction of sp³-hybridized carbons (Fsp3) is 0.435. The summed E-state index contributed by atoms with van der Waals surface area (Å²) in [5.41, 5.74) is 4.17. The largest absolute Gasteiger partial charge is 0.573 e. The molecule has 1 aliphatic rings. The van der Waals surface area contributed by atoms with Crippen molar-refractivity contribution in [2.75, 3.05) is 0 Å². The Morgan fingerprint density at radius 3 is 2.21 bits per heavy atom. The fourth-order valence-electron chi connectivity index (χ4n) is 4.19. The van der Waals surface area contributed by atoms with Crippen molar-refractivity contribution in [1.82, 2.24) is 0 Å². The van der Waals surface area contributed by atoms with Gasteiger partial charge in [-0.3, -0.25) is 4.79 Å². The van der Waals surface area contributed by atoms with E-state index in [1.807, 2.05) is 13.0 Å². The number of aldehydes is 1. The van der Waals surface area contributed by atoms with E-state index in [1.165, 1.54) is 18.2 Å². The van der Waals surface area contributed by atoms with Crippen LogP contribution in [0.1, 0.15) is 67.6 Å². The smallest absolute Gasteiger partial charge is 0.405 e. The zero-order valence-electron chi connectivity index (χ0n) is 16.8. The number of benzene rings is 2. The molecular formula is C23H25F3O2. The first-order valence-electron chi connectivity index (χ1n) is 9.35. The van der Waals surface area contributed by atoms with Crippen molar-refractivity contribution in [3.8, 4) is 16.9 Å². The van der Waals surface area contributed by atoms with Crippen LogP contribution in [0.25, 0.3) is 11.1 Å². The van der Waals surface area contributed by atoms with Crippen LogP contribution in [0.5, 0.6) is 5.75 Å². The molecule has 0 N–H and O–H groups in total. The van der Waals surface area contributed by atoms with Gasteiger partial charge in [0.25, 0.3) is 0 Å². The molecule has 0 aromatic heterocycles. The number of hydrogen-bond acceptors (Lipinski definition) is 2. The average molecular weight is 390 g/mol. The summed E-state index contributed by atoms with van der Waals surface area (Å²) in [6.45, 7) is 10.5. The molecule has 0 atom stereocenters. The third kappa shape index (κ3) is 3.80. The maximum Gasteiger partial charge on any atom is 0.573 e. The highest BCUT2D eigenvalue weighted by Gasteiger charge is 2.40. The molecule has 0 unspecified atom stereocenters. The Kier molecular flexibility index (Phi) is 4.85. The lowest BCUT2D eigenvalue weighted by Crippen LogP contribution is -2.34. The summed E-state index contributed by atoms with van der Waals surface area (Å²) in [6.07, 6.45) is -2.25. The normalized spacial score (nSPS) is 17.7. The molecule has 2 nitrogen and oxygen atoms in total. The van der Waals surface area contributed by atoms with E-state index >= 15 is 0 Å². The third-order valence-electron chi connectivity index (χ3n) is 5.72. The summed E-state index contributed by atoms with van der Waals surface area (Å²) in [5, 5.41) is 0. The molecule has 0 fully saturated rings. The molecule has 1 aliphatic carbocycles. The summed E-state index contributed by atoms with van der Waals surface area (Å²) >= 11 is 0. The number of fused-ring (bicyclic) bond motifs is 1. The van der Waals surface area contributed by atoms with Crippen molar-refractivity contribution in [3.05, 3.63) is 52.6 Å². The number of carbonyl (C=O) groups is 1. The van der Waals surface area contributed by atoms with Crippen LogP contribution in [0.4, 0.5) is 13.2 Å². The first kappa shape index (κ1) is 20.4. The Bertz CT molecular complexity index is 924. The second-order valence-corrected chi connectivity index (χ2v) is 8.92. The zero-order chi connectivity index (χ0) is 20.9. The topological polar surface area (TPSA) is 26.3 Å². The van der Waals surface area contributed by atoms with Crippen LogP contribution in [-0.4, -0.2) is 12.6 Å². The van der Waals surface area contributed by atoms with E-state index in [4.69, 9.17) is 0 Å². The molecule has 0 aliphatic heterocycles. The van der Waals surface area contributed by atoms with E-state index in [2.05, 4.69) is 38.5 Å². The van der Waals surface area contributed by atoms with Crippen LogP contribution in [0, 0.1) is 6.92 Å². The van der Waals surface area contributed by atoms with Gasteiger partial charge in [-0.1, -0.05) is 45.4 Å². The van der Waals surface area contributed by atoms with Crippen molar-refractivity contribution in [2.45, 2.75) is 64.7 Å². The maximum absolute atomic E-state index is 13.0. The highest BCUT2D eigenvalue weighted by molar-refractivity contribution is 5.84. The van der Waals surface area contributed by atoms with Crippen LogP contribution in [0.3, 0.4) is 0 Å². The highest BCUT2D eigenvalue weighted by Crippen LogP contribution is 2.51. The van der Waals surface area contributed by atoms with Crippen molar-refractivity contribution in [3.63, 3.8) is 0 Å². The van der Waals surface area contributed by atoms with Gasteiger partial charge in [0.15, 0.2) is 0 Å². The minimum atomic E-state index is -4.81. The van der Waals surface area contributed by atoms with Gasteiger partial charge in [-0.25, -0.2) is 0 Å². The van der Waals surface area contributed by atoms with Gasteiger partial charge >= 0.3 is 6.36 Å². The van der Waals surface area contributed by atoms with E-state index < -0.39 is 6.36 Å². The second-order valence-electron chi connectivity index (χ2n) is 8.92. The van der Waals surface area contributed by atoms with Gasteiger partial charge < -0.3 is 4.74 Å². The van der Waals surface area contributed by atoms with E-state index in [-0.39, 0.29) is 16.6 Å². The fourth-order valence-corrected chi connectivity index (χ4v) is 4.19. The minimum absolute atomic E-state index is 0.0844. The summed E-state index contributed by atoms with van der Waals surface area (Å²) in [7, 11) is 0.